The second-order valence-corrected chi connectivity index (χ2v) is 8.67. The number of unbranched alkanes of at least 4 members (excludes halogenated alkanes) is 3. The molecule has 0 aliphatic heterocycles. The molecule has 0 fully saturated rings. The summed E-state index contributed by atoms with van der Waals surface area (Å²) in [6, 6.07) is 10.7. The van der Waals surface area contributed by atoms with Crippen LogP contribution >= 0.6 is 0 Å². The molecule has 0 saturated carbocycles. The molecule has 1 nitrogen and oxygen atoms in total. The van der Waals surface area contributed by atoms with E-state index in [1.807, 2.05) is 0 Å². The summed E-state index contributed by atoms with van der Waals surface area (Å²) in [4.78, 5) is 0. The zero-order chi connectivity index (χ0) is 11.9. The average molecular weight is 236 g/mol. The summed E-state index contributed by atoms with van der Waals surface area (Å²) in [5, 5.41) is 1.39. The lowest BCUT2D eigenvalue weighted by Gasteiger charge is -2.23. The van der Waals surface area contributed by atoms with Crippen molar-refractivity contribution in [1.29, 1.82) is 0 Å². The summed E-state index contributed by atoms with van der Waals surface area (Å²) in [6.07, 6.45) is 5.13. The van der Waals surface area contributed by atoms with Crippen LogP contribution in [0.2, 0.25) is 13.1 Å². The number of benzene rings is 1. The van der Waals surface area contributed by atoms with E-state index < -0.39 is 8.32 Å². The summed E-state index contributed by atoms with van der Waals surface area (Å²) in [7, 11) is -1.64. The Morgan fingerprint density at radius 2 is 1.69 bits per heavy atom. The summed E-state index contributed by atoms with van der Waals surface area (Å²) in [6.45, 7) is 7.72. The normalized spacial score (nSPS) is 11.7. The van der Waals surface area contributed by atoms with Crippen LogP contribution in [0.15, 0.2) is 30.3 Å². The predicted octanol–water partition coefficient (Wildman–Crippen LogP) is 3.70. The first kappa shape index (κ1) is 13.5. The van der Waals surface area contributed by atoms with Gasteiger partial charge in [0.1, 0.15) is 0 Å². The minimum Gasteiger partial charge on any atom is -0.413 e. The molecule has 0 aromatic heterocycles. The summed E-state index contributed by atoms with van der Waals surface area (Å²) in [5.41, 5.74) is 0. The van der Waals surface area contributed by atoms with Crippen LogP contribution < -0.4 is 5.19 Å². The maximum atomic E-state index is 6.10. The fourth-order valence-corrected chi connectivity index (χ4v) is 3.60. The molecule has 0 amide bonds. The van der Waals surface area contributed by atoms with E-state index >= 15 is 0 Å². The van der Waals surface area contributed by atoms with Gasteiger partial charge >= 0.3 is 0 Å². The smallest absolute Gasteiger partial charge is 0.218 e. The van der Waals surface area contributed by atoms with E-state index in [2.05, 4.69) is 50.3 Å². The summed E-state index contributed by atoms with van der Waals surface area (Å²) >= 11 is 0. The van der Waals surface area contributed by atoms with Crippen molar-refractivity contribution in [2.75, 3.05) is 6.61 Å². The van der Waals surface area contributed by atoms with Crippen molar-refractivity contribution in [3.63, 3.8) is 0 Å². The van der Waals surface area contributed by atoms with E-state index in [0.29, 0.717) is 0 Å². The van der Waals surface area contributed by atoms with E-state index in [1.165, 1.54) is 30.9 Å². The Labute approximate surface area is 101 Å². The molecule has 0 heterocycles. The molecule has 90 valence electrons. The van der Waals surface area contributed by atoms with Crippen LogP contribution in [0, 0.1) is 0 Å². The molecule has 0 aliphatic carbocycles. The van der Waals surface area contributed by atoms with E-state index in [4.69, 9.17) is 4.43 Å². The average Bonchev–Trinajstić information content (AvgIpc) is 2.30. The third-order valence-electron chi connectivity index (χ3n) is 2.93. The van der Waals surface area contributed by atoms with E-state index in [9.17, 15) is 0 Å². The van der Waals surface area contributed by atoms with Crippen LogP contribution in [-0.2, 0) is 4.43 Å². The molecule has 1 aromatic carbocycles. The monoisotopic (exact) mass is 236 g/mol. The Balaban J connectivity index is 2.35. The highest BCUT2D eigenvalue weighted by atomic mass is 28.4. The van der Waals surface area contributed by atoms with Gasteiger partial charge in [0.25, 0.3) is 0 Å². The Bertz CT molecular complexity index is 282. The number of hydrogen-bond donors (Lipinski definition) is 0. The third kappa shape index (κ3) is 4.50. The Kier molecular flexibility index (Phi) is 5.78. The highest BCUT2D eigenvalue weighted by Gasteiger charge is 2.24. The van der Waals surface area contributed by atoms with Crippen LogP contribution in [-0.4, -0.2) is 14.9 Å². The van der Waals surface area contributed by atoms with Crippen molar-refractivity contribution in [2.24, 2.45) is 0 Å². The van der Waals surface area contributed by atoms with Crippen LogP contribution in [0.4, 0.5) is 0 Å². The van der Waals surface area contributed by atoms with Crippen LogP contribution in [0.5, 0.6) is 0 Å². The first-order chi connectivity index (χ1) is 7.67. The maximum Gasteiger partial charge on any atom is 0.218 e. The third-order valence-corrected chi connectivity index (χ3v) is 5.58. The van der Waals surface area contributed by atoms with Crippen molar-refractivity contribution in [3.8, 4) is 0 Å². The molecule has 0 unspecified atom stereocenters. The maximum absolute atomic E-state index is 6.10. The van der Waals surface area contributed by atoms with Gasteiger partial charge in [0.05, 0.1) is 0 Å². The minimum absolute atomic E-state index is 0.925. The first-order valence-corrected chi connectivity index (χ1v) is 9.27. The van der Waals surface area contributed by atoms with Crippen molar-refractivity contribution in [2.45, 2.75) is 45.7 Å². The second kappa shape index (κ2) is 6.87. The zero-order valence-corrected chi connectivity index (χ0v) is 11.8. The molecule has 16 heavy (non-hydrogen) atoms. The molecule has 0 spiro atoms. The van der Waals surface area contributed by atoms with Gasteiger partial charge in [-0.3, -0.25) is 0 Å². The lowest BCUT2D eigenvalue weighted by molar-refractivity contribution is 0.303. The fourth-order valence-electron chi connectivity index (χ4n) is 1.78. The fraction of sp³-hybridized carbons (Fsp3) is 0.571. The van der Waals surface area contributed by atoms with Gasteiger partial charge in [-0.15, -0.1) is 0 Å². The molecule has 0 aliphatic rings. The zero-order valence-electron chi connectivity index (χ0n) is 10.8. The second-order valence-electron chi connectivity index (χ2n) is 4.79. The van der Waals surface area contributed by atoms with Gasteiger partial charge in [-0.2, -0.15) is 0 Å². The van der Waals surface area contributed by atoms with Crippen LogP contribution in [0.25, 0.3) is 0 Å². The standard InChI is InChI=1S/C14H24OSi/c1-4-5-6-10-13-15-16(2,3)14-11-8-7-9-12-14/h7-9,11-12H,4-6,10,13H2,1-3H3. The molecule has 1 rings (SSSR count). The largest absolute Gasteiger partial charge is 0.413 e. The van der Waals surface area contributed by atoms with Crippen molar-refractivity contribution < 1.29 is 4.43 Å². The number of rotatable bonds is 7. The Morgan fingerprint density at radius 1 is 1.00 bits per heavy atom. The lowest BCUT2D eigenvalue weighted by Crippen LogP contribution is -2.44. The molecule has 0 saturated heterocycles. The van der Waals surface area contributed by atoms with E-state index in [1.54, 1.807) is 0 Å². The lowest BCUT2D eigenvalue weighted by atomic mass is 10.2. The van der Waals surface area contributed by atoms with Gasteiger partial charge in [0.2, 0.25) is 8.32 Å². The predicted molar refractivity (Wildman–Crippen MR) is 73.7 cm³/mol. The highest BCUT2D eigenvalue weighted by molar-refractivity contribution is 6.84. The van der Waals surface area contributed by atoms with Crippen molar-refractivity contribution >= 4 is 13.5 Å². The summed E-state index contributed by atoms with van der Waals surface area (Å²) < 4.78 is 6.10. The van der Waals surface area contributed by atoms with E-state index in [-0.39, 0.29) is 0 Å². The summed E-state index contributed by atoms with van der Waals surface area (Å²) in [5.74, 6) is 0. The molecular weight excluding hydrogens is 212 g/mol. The first-order valence-electron chi connectivity index (χ1n) is 6.36. The van der Waals surface area contributed by atoms with Gasteiger partial charge < -0.3 is 4.43 Å². The van der Waals surface area contributed by atoms with Gasteiger partial charge in [-0.05, 0) is 24.7 Å². The molecular formula is C14H24OSi. The van der Waals surface area contributed by atoms with Gasteiger partial charge in [0.15, 0.2) is 0 Å². The molecule has 0 atom stereocenters. The van der Waals surface area contributed by atoms with Gasteiger partial charge in [0, 0.05) is 6.61 Å². The molecule has 0 bridgehead atoms. The van der Waals surface area contributed by atoms with Crippen LogP contribution in [0.3, 0.4) is 0 Å². The van der Waals surface area contributed by atoms with Crippen molar-refractivity contribution in [1.82, 2.24) is 0 Å². The quantitative estimate of drug-likeness (QED) is 0.518. The Morgan fingerprint density at radius 3 is 2.31 bits per heavy atom. The SMILES string of the molecule is CCCCCCO[Si](C)(C)c1ccccc1. The molecule has 2 heteroatoms. The van der Waals surface area contributed by atoms with Gasteiger partial charge in [-0.1, -0.05) is 56.5 Å². The Hall–Kier alpha value is -0.603. The van der Waals surface area contributed by atoms with E-state index in [0.717, 1.165) is 6.61 Å². The van der Waals surface area contributed by atoms with Crippen molar-refractivity contribution in [3.05, 3.63) is 30.3 Å². The highest BCUT2D eigenvalue weighted by Crippen LogP contribution is 2.07. The topological polar surface area (TPSA) is 9.23 Å². The molecule has 0 N–H and O–H groups in total. The molecule has 0 radical (unpaired) electrons. The van der Waals surface area contributed by atoms with Crippen LogP contribution in [0.1, 0.15) is 32.6 Å². The molecule has 1 aromatic rings. The number of hydrogen-bond acceptors (Lipinski definition) is 1. The minimum atomic E-state index is -1.64. The van der Waals surface area contributed by atoms with Gasteiger partial charge in [-0.25, -0.2) is 0 Å².